The van der Waals surface area contributed by atoms with Crippen LogP contribution in [0.3, 0.4) is 0 Å². The first kappa shape index (κ1) is 10.2. The van der Waals surface area contributed by atoms with Crippen LogP contribution in [0.4, 0.5) is 0 Å². The lowest BCUT2D eigenvalue weighted by Gasteiger charge is -2.08. The zero-order chi connectivity index (χ0) is 7.82. The summed E-state index contributed by atoms with van der Waals surface area (Å²) in [5.41, 5.74) is 0. The number of rotatable bonds is 6. The van der Waals surface area contributed by atoms with Crippen molar-refractivity contribution < 1.29 is 0 Å². The summed E-state index contributed by atoms with van der Waals surface area (Å²) in [7, 11) is 0. The molecule has 0 bridgehead atoms. The number of hydrogen-bond acceptors (Lipinski definition) is 1. The third-order valence-corrected chi connectivity index (χ3v) is 1.94. The summed E-state index contributed by atoms with van der Waals surface area (Å²) in [5.74, 6) is 1.57. The highest BCUT2D eigenvalue weighted by atomic mass is 35.5. The Morgan fingerprint density at radius 2 is 2.20 bits per heavy atom. The van der Waals surface area contributed by atoms with Gasteiger partial charge in [0.25, 0.3) is 0 Å². The van der Waals surface area contributed by atoms with Crippen LogP contribution in [0.1, 0.15) is 26.7 Å². The van der Waals surface area contributed by atoms with Crippen LogP contribution in [-0.2, 0) is 0 Å². The topological polar surface area (TPSA) is 12.0 Å². The zero-order valence-corrected chi connectivity index (χ0v) is 7.75. The highest BCUT2D eigenvalue weighted by Gasteiger charge is 1.95. The van der Waals surface area contributed by atoms with E-state index in [4.69, 9.17) is 11.6 Å². The van der Waals surface area contributed by atoms with Gasteiger partial charge in [-0.3, -0.25) is 0 Å². The van der Waals surface area contributed by atoms with Crippen LogP contribution in [0.2, 0.25) is 0 Å². The SMILES string of the molecule is CCC(C)CNCCCCl. The van der Waals surface area contributed by atoms with E-state index in [-0.39, 0.29) is 0 Å². The summed E-state index contributed by atoms with van der Waals surface area (Å²) in [6.07, 6.45) is 2.34. The largest absolute Gasteiger partial charge is 0.316 e. The molecule has 1 unspecified atom stereocenters. The molecule has 0 aliphatic carbocycles. The molecule has 0 aliphatic rings. The predicted octanol–water partition coefficient (Wildman–Crippen LogP) is 2.25. The van der Waals surface area contributed by atoms with Crippen LogP contribution >= 0.6 is 11.6 Å². The molecule has 1 atom stereocenters. The number of hydrogen-bond donors (Lipinski definition) is 1. The van der Waals surface area contributed by atoms with Gasteiger partial charge in [0, 0.05) is 5.88 Å². The average Bonchev–Trinajstić information content (AvgIpc) is 1.98. The molecule has 0 rings (SSSR count). The number of alkyl halides is 1. The molecule has 2 heteroatoms. The second-order valence-electron chi connectivity index (χ2n) is 2.76. The number of halogens is 1. The van der Waals surface area contributed by atoms with Crippen molar-refractivity contribution >= 4 is 11.6 Å². The van der Waals surface area contributed by atoms with Crippen molar-refractivity contribution in [1.29, 1.82) is 0 Å². The van der Waals surface area contributed by atoms with E-state index in [0.29, 0.717) is 0 Å². The lowest BCUT2D eigenvalue weighted by atomic mass is 10.1. The van der Waals surface area contributed by atoms with E-state index in [0.717, 1.165) is 31.3 Å². The van der Waals surface area contributed by atoms with Gasteiger partial charge in [-0.05, 0) is 25.4 Å². The monoisotopic (exact) mass is 163 g/mol. The van der Waals surface area contributed by atoms with Crippen LogP contribution in [-0.4, -0.2) is 19.0 Å². The van der Waals surface area contributed by atoms with Gasteiger partial charge in [0.15, 0.2) is 0 Å². The fourth-order valence-electron chi connectivity index (χ4n) is 0.685. The molecule has 0 fully saturated rings. The first-order valence-electron chi connectivity index (χ1n) is 4.08. The molecule has 0 heterocycles. The van der Waals surface area contributed by atoms with Crippen molar-refractivity contribution in [2.75, 3.05) is 19.0 Å². The predicted molar refractivity (Wildman–Crippen MR) is 47.7 cm³/mol. The summed E-state index contributed by atoms with van der Waals surface area (Å²) in [6.45, 7) is 6.67. The average molecular weight is 164 g/mol. The second-order valence-corrected chi connectivity index (χ2v) is 3.14. The fraction of sp³-hybridized carbons (Fsp3) is 1.00. The van der Waals surface area contributed by atoms with Crippen LogP contribution < -0.4 is 5.32 Å². The van der Waals surface area contributed by atoms with Gasteiger partial charge in [0.1, 0.15) is 0 Å². The van der Waals surface area contributed by atoms with Gasteiger partial charge in [0.05, 0.1) is 0 Å². The Labute approximate surface area is 69.1 Å². The van der Waals surface area contributed by atoms with Gasteiger partial charge in [-0.25, -0.2) is 0 Å². The third kappa shape index (κ3) is 6.37. The normalized spacial score (nSPS) is 13.5. The van der Waals surface area contributed by atoms with Gasteiger partial charge < -0.3 is 5.32 Å². The highest BCUT2D eigenvalue weighted by molar-refractivity contribution is 6.17. The summed E-state index contributed by atoms with van der Waals surface area (Å²) >= 11 is 5.51. The van der Waals surface area contributed by atoms with Crippen LogP contribution in [0.15, 0.2) is 0 Å². The summed E-state index contributed by atoms with van der Waals surface area (Å²) < 4.78 is 0. The van der Waals surface area contributed by atoms with E-state index in [1.54, 1.807) is 0 Å². The third-order valence-electron chi connectivity index (χ3n) is 1.68. The molecule has 0 saturated heterocycles. The minimum atomic E-state index is 0.771. The Morgan fingerprint density at radius 3 is 2.70 bits per heavy atom. The molecule has 1 nitrogen and oxygen atoms in total. The van der Waals surface area contributed by atoms with E-state index >= 15 is 0 Å². The Kier molecular flexibility index (Phi) is 7.54. The van der Waals surface area contributed by atoms with Crippen LogP contribution in [0, 0.1) is 5.92 Å². The van der Waals surface area contributed by atoms with E-state index < -0.39 is 0 Å². The molecule has 1 N–H and O–H groups in total. The van der Waals surface area contributed by atoms with Gasteiger partial charge in [-0.2, -0.15) is 0 Å². The van der Waals surface area contributed by atoms with Gasteiger partial charge in [-0.15, -0.1) is 11.6 Å². The van der Waals surface area contributed by atoms with Crippen molar-refractivity contribution in [3.8, 4) is 0 Å². The fourth-order valence-corrected chi connectivity index (χ4v) is 0.818. The molecule has 0 saturated carbocycles. The maximum absolute atomic E-state index is 5.51. The minimum Gasteiger partial charge on any atom is -0.316 e. The lowest BCUT2D eigenvalue weighted by Crippen LogP contribution is -2.21. The zero-order valence-electron chi connectivity index (χ0n) is 6.99. The molecule has 10 heavy (non-hydrogen) atoms. The molecule has 62 valence electrons. The van der Waals surface area contributed by atoms with E-state index in [1.165, 1.54) is 6.42 Å². The molecule has 0 aromatic heterocycles. The molecule has 0 aromatic rings. The smallest absolute Gasteiger partial charge is 0.0235 e. The van der Waals surface area contributed by atoms with Gasteiger partial charge >= 0.3 is 0 Å². The Bertz CT molecular complexity index is 66.3. The maximum atomic E-state index is 5.51. The highest BCUT2D eigenvalue weighted by Crippen LogP contribution is 1.96. The first-order chi connectivity index (χ1) is 4.81. The Balaban J connectivity index is 2.89. The molecular weight excluding hydrogens is 146 g/mol. The Morgan fingerprint density at radius 1 is 1.50 bits per heavy atom. The molecule has 0 aliphatic heterocycles. The van der Waals surface area contributed by atoms with Crippen LogP contribution in [0.5, 0.6) is 0 Å². The van der Waals surface area contributed by atoms with Crippen molar-refractivity contribution in [3.63, 3.8) is 0 Å². The van der Waals surface area contributed by atoms with E-state index in [9.17, 15) is 0 Å². The summed E-state index contributed by atoms with van der Waals surface area (Å²) in [5, 5.41) is 3.35. The van der Waals surface area contributed by atoms with Crippen molar-refractivity contribution in [1.82, 2.24) is 5.32 Å². The molecule has 0 spiro atoms. The van der Waals surface area contributed by atoms with Crippen LogP contribution in [0.25, 0.3) is 0 Å². The number of nitrogens with one attached hydrogen (secondary N) is 1. The van der Waals surface area contributed by atoms with Gasteiger partial charge in [0.2, 0.25) is 0 Å². The molecule has 0 radical (unpaired) electrons. The first-order valence-corrected chi connectivity index (χ1v) is 4.61. The quantitative estimate of drug-likeness (QED) is 0.468. The molecular formula is C8H18ClN. The van der Waals surface area contributed by atoms with Gasteiger partial charge in [-0.1, -0.05) is 20.3 Å². The Hall–Kier alpha value is 0.250. The second kappa shape index (κ2) is 7.36. The molecule has 0 amide bonds. The van der Waals surface area contributed by atoms with Crippen molar-refractivity contribution in [2.45, 2.75) is 26.7 Å². The summed E-state index contributed by atoms with van der Waals surface area (Å²) in [6, 6.07) is 0. The maximum Gasteiger partial charge on any atom is 0.0235 e. The minimum absolute atomic E-state index is 0.771. The summed E-state index contributed by atoms with van der Waals surface area (Å²) in [4.78, 5) is 0. The van der Waals surface area contributed by atoms with Crippen molar-refractivity contribution in [2.24, 2.45) is 5.92 Å². The van der Waals surface area contributed by atoms with E-state index in [1.807, 2.05) is 0 Å². The molecule has 0 aromatic carbocycles. The standard InChI is InChI=1S/C8H18ClN/c1-3-8(2)7-10-6-4-5-9/h8,10H,3-7H2,1-2H3. The van der Waals surface area contributed by atoms with Crippen molar-refractivity contribution in [3.05, 3.63) is 0 Å². The lowest BCUT2D eigenvalue weighted by molar-refractivity contribution is 0.500. The van der Waals surface area contributed by atoms with E-state index in [2.05, 4.69) is 19.2 Å².